The first-order chi connectivity index (χ1) is 7.81. The highest BCUT2D eigenvalue weighted by Crippen LogP contribution is 2.22. The van der Waals surface area contributed by atoms with E-state index in [1.54, 1.807) is 12.1 Å². The maximum atomic E-state index is 12.8. The number of carbonyl (C=O) groups excluding carboxylic acids is 1. The van der Waals surface area contributed by atoms with Crippen molar-refractivity contribution in [2.24, 2.45) is 0 Å². The Morgan fingerprint density at radius 2 is 1.44 bits per heavy atom. The minimum absolute atomic E-state index is 0.290. The molecule has 16 heavy (non-hydrogen) atoms. The van der Waals surface area contributed by atoms with E-state index >= 15 is 0 Å². The average Bonchev–Trinajstić information content (AvgIpc) is 2.34. The minimum atomic E-state index is -0.318. The van der Waals surface area contributed by atoms with Gasteiger partial charge in [-0.1, -0.05) is 42.5 Å². The van der Waals surface area contributed by atoms with Gasteiger partial charge < -0.3 is 4.79 Å². The Morgan fingerprint density at radius 1 is 0.875 bits per heavy atom. The lowest BCUT2D eigenvalue weighted by molar-refractivity contribution is -0.108. The molecule has 2 heteroatoms. The first-order valence-electron chi connectivity index (χ1n) is 5.07. The maximum Gasteiger partial charge on any atom is 0.131 e. The molecule has 2 rings (SSSR count). The van der Waals surface area contributed by atoms with E-state index in [0.29, 0.717) is 0 Å². The van der Waals surface area contributed by atoms with Crippen molar-refractivity contribution in [1.82, 2.24) is 0 Å². The summed E-state index contributed by atoms with van der Waals surface area (Å²) in [5, 5.41) is 0. The molecule has 0 unspecified atom stereocenters. The summed E-state index contributed by atoms with van der Waals surface area (Å²) in [4.78, 5) is 11.1. The summed E-state index contributed by atoms with van der Waals surface area (Å²) >= 11 is 0. The Labute approximate surface area is 93.5 Å². The summed E-state index contributed by atoms with van der Waals surface area (Å²) in [6.45, 7) is 0. The predicted octanol–water partition coefficient (Wildman–Crippen LogP) is 3.16. The molecule has 0 saturated heterocycles. The fourth-order valence-electron chi connectivity index (χ4n) is 1.68. The zero-order valence-electron chi connectivity index (χ0n) is 8.64. The van der Waals surface area contributed by atoms with Crippen LogP contribution in [0.4, 0.5) is 4.39 Å². The van der Waals surface area contributed by atoms with Crippen molar-refractivity contribution < 1.29 is 9.18 Å². The van der Waals surface area contributed by atoms with Crippen molar-refractivity contribution in [2.75, 3.05) is 0 Å². The first-order valence-corrected chi connectivity index (χ1v) is 5.07. The number of rotatable bonds is 3. The molecule has 0 spiro atoms. The first kappa shape index (κ1) is 10.6. The van der Waals surface area contributed by atoms with Gasteiger partial charge in [-0.3, -0.25) is 0 Å². The van der Waals surface area contributed by atoms with Gasteiger partial charge in [0.1, 0.15) is 12.1 Å². The van der Waals surface area contributed by atoms with Gasteiger partial charge in [-0.05, 0) is 23.3 Å². The quantitative estimate of drug-likeness (QED) is 0.717. The second-order valence-corrected chi connectivity index (χ2v) is 3.58. The van der Waals surface area contributed by atoms with Gasteiger partial charge in [0.15, 0.2) is 0 Å². The van der Waals surface area contributed by atoms with Crippen LogP contribution < -0.4 is 0 Å². The molecule has 0 N–H and O–H groups in total. The molecule has 0 aromatic heterocycles. The monoisotopic (exact) mass is 214 g/mol. The molecule has 2 aromatic rings. The second-order valence-electron chi connectivity index (χ2n) is 3.58. The van der Waals surface area contributed by atoms with Gasteiger partial charge in [-0.15, -0.1) is 0 Å². The van der Waals surface area contributed by atoms with E-state index in [1.807, 2.05) is 30.3 Å². The van der Waals surface area contributed by atoms with Crippen LogP contribution in [0.5, 0.6) is 0 Å². The standard InChI is InChI=1S/C14H11FO/c15-13-8-6-12(7-9-13)14(10-16)11-4-2-1-3-5-11/h1-10,14H/t14-/m1/s1. The molecule has 0 amide bonds. The summed E-state index contributed by atoms with van der Waals surface area (Å²) in [5.41, 5.74) is 1.73. The van der Waals surface area contributed by atoms with E-state index < -0.39 is 0 Å². The van der Waals surface area contributed by atoms with E-state index in [9.17, 15) is 9.18 Å². The zero-order chi connectivity index (χ0) is 11.4. The normalized spacial score (nSPS) is 12.1. The van der Waals surface area contributed by atoms with Crippen LogP contribution >= 0.6 is 0 Å². The van der Waals surface area contributed by atoms with Crippen molar-refractivity contribution >= 4 is 6.29 Å². The molecule has 0 aliphatic heterocycles. The Hall–Kier alpha value is -1.96. The fraction of sp³-hybridized carbons (Fsp3) is 0.0714. The Morgan fingerprint density at radius 3 is 2.00 bits per heavy atom. The molecule has 1 nitrogen and oxygen atoms in total. The number of hydrogen-bond acceptors (Lipinski definition) is 1. The summed E-state index contributed by atoms with van der Waals surface area (Å²) in [5.74, 6) is -0.608. The van der Waals surface area contributed by atoms with Gasteiger partial charge >= 0.3 is 0 Å². The van der Waals surface area contributed by atoms with E-state index in [-0.39, 0.29) is 11.7 Å². The highest BCUT2D eigenvalue weighted by Gasteiger charge is 2.12. The lowest BCUT2D eigenvalue weighted by Crippen LogP contribution is -2.02. The van der Waals surface area contributed by atoms with E-state index in [1.165, 1.54) is 12.1 Å². The number of halogens is 1. The van der Waals surface area contributed by atoms with Crippen molar-refractivity contribution in [3.63, 3.8) is 0 Å². The number of carbonyl (C=O) groups is 1. The van der Waals surface area contributed by atoms with Crippen LogP contribution in [-0.4, -0.2) is 6.29 Å². The fourth-order valence-corrected chi connectivity index (χ4v) is 1.68. The number of benzene rings is 2. The van der Waals surface area contributed by atoms with E-state index in [0.717, 1.165) is 17.4 Å². The third kappa shape index (κ3) is 2.16. The van der Waals surface area contributed by atoms with Crippen LogP contribution in [0, 0.1) is 5.82 Å². The molecule has 1 atom stereocenters. The summed E-state index contributed by atoms with van der Waals surface area (Å²) in [6.07, 6.45) is 0.878. The second kappa shape index (κ2) is 4.71. The number of aldehydes is 1. The molecule has 0 fully saturated rings. The minimum Gasteiger partial charge on any atom is -0.302 e. The molecular weight excluding hydrogens is 203 g/mol. The van der Waals surface area contributed by atoms with Crippen molar-refractivity contribution in [1.29, 1.82) is 0 Å². The van der Waals surface area contributed by atoms with Crippen LogP contribution in [-0.2, 0) is 4.79 Å². The predicted molar refractivity (Wildman–Crippen MR) is 60.7 cm³/mol. The van der Waals surface area contributed by atoms with Crippen molar-refractivity contribution in [3.05, 3.63) is 71.5 Å². The average molecular weight is 214 g/mol. The largest absolute Gasteiger partial charge is 0.302 e. The highest BCUT2D eigenvalue weighted by atomic mass is 19.1. The molecule has 0 aliphatic rings. The molecule has 80 valence electrons. The van der Waals surface area contributed by atoms with Gasteiger partial charge in [-0.25, -0.2) is 4.39 Å². The van der Waals surface area contributed by atoms with Crippen molar-refractivity contribution in [2.45, 2.75) is 5.92 Å². The Balaban J connectivity index is 2.37. The Bertz CT molecular complexity index is 462. The van der Waals surface area contributed by atoms with Gasteiger partial charge in [-0.2, -0.15) is 0 Å². The highest BCUT2D eigenvalue weighted by molar-refractivity contribution is 5.68. The van der Waals surface area contributed by atoms with Gasteiger partial charge in [0.05, 0.1) is 5.92 Å². The van der Waals surface area contributed by atoms with E-state index in [4.69, 9.17) is 0 Å². The van der Waals surface area contributed by atoms with Gasteiger partial charge in [0, 0.05) is 0 Å². The van der Waals surface area contributed by atoms with Crippen LogP contribution in [0.3, 0.4) is 0 Å². The topological polar surface area (TPSA) is 17.1 Å². The molecule has 0 radical (unpaired) electrons. The summed E-state index contributed by atoms with van der Waals surface area (Å²) in [6, 6.07) is 15.5. The van der Waals surface area contributed by atoms with E-state index in [2.05, 4.69) is 0 Å². The van der Waals surface area contributed by atoms with Crippen LogP contribution in [0.15, 0.2) is 54.6 Å². The van der Waals surface area contributed by atoms with Crippen LogP contribution in [0.1, 0.15) is 17.0 Å². The third-order valence-electron chi connectivity index (χ3n) is 2.52. The van der Waals surface area contributed by atoms with Gasteiger partial charge in [0.2, 0.25) is 0 Å². The van der Waals surface area contributed by atoms with Gasteiger partial charge in [0.25, 0.3) is 0 Å². The van der Waals surface area contributed by atoms with Crippen molar-refractivity contribution in [3.8, 4) is 0 Å². The lowest BCUT2D eigenvalue weighted by atomic mass is 9.93. The molecule has 0 aliphatic carbocycles. The summed E-state index contributed by atoms with van der Waals surface area (Å²) in [7, 11) is 0. The Kier molecular flexibility index (Phi) is 3.10. The smallest absolute Gasteiger partial charge is 0.131 e. The zero-order valence-corrected chi connectivity index (χ0v) is 8.64. The molecule has 0 saturated carbocycles. The van der Waals surface area contributed by atoms with Crippen LogP contribution in [0.25, 0.3) is 0 Å². The third-order valence-corrected chi connectivity index (χ3v) is 2.52. The lowest BCUT2D eigenvalue weighted by Gasteiger charge is -2.10. The van der Waals surface area contributed by atoms with Crippen LogP contribution in [0.2, 0.25) is 0 Å². The molecule has 2 aromatic carbocycles. The SMILES string of the molecule is O=C[C@H](c1ccccc1)c1ccc(F)cc1. The molecule has 0 bridgehead atoms. The maximum absolute atomic E-state index is 12.8. The molecular formula is C14H11FO. The molecule has 0 heterocycles. The number of hydrogen-bond donors (Lipinski definition) is 0. The summed E-state index contributed by atoms with van der Waals surface area (Å²) < 4.78 is 12.8.